The Morgan fingerprint density at radius 1 is 1.29 bits per heavy atom. The van der Waals surface area contributed by atoms with Crippen molar-refractivity contribution in [1.29, 1.82) is 0 Å². The first-order valence-electron chi connectivity index (χ1n) is 7.68. The van der Waals surface area contributed by atoms with Crippen LogP contribution in [-0.2, 0) is 11.2 Å². The first kappa shape index (κ1) is 15.6. The van der Waals surface area contributed by atoms with E-state index in [-0.39, 0.29) is 6.42 Å². The van der Waals surface area contributed by atoms with Crippen LogP contribution in [0.3, 0.4) is 0 Å². The summed E-state index contributed by atoms with van der Waals surface area (Å²) < 4.78 is 5.56. The van der Waals surface area contributed by atoms with Crippen LogP contribution < -0.4 is 15.4 Å². The third-order valence-electron chi connectivity index (χ3n) is 3.55. The summed E-state index contributed by atoms with van der Waals surface area (Å²) in [6.07, 6.45) is 4.05. The number of unbranched alkanes of at least 4 members (excludes halogenated alkanes) is 2. The summed E-state index contributed by atoms with van der Waals surface area (Å²) in [4.78, 5) is 10.4. The smallest absolute Gasteiger partial charge is 0.303 e. The minimum absolute atomic E-state index is 0.282. The van der Waals surface area contributed by atoms with E-state index >= 15 is 0 Å². The van der Waals surface area contributed by atoms with Gasteiger partial charge in [-0.1, -0.05) is 12.5 Å². The molecule has 1 aromatic carbocycles. The van der Waals surface area contributed by atoms with Crippen LogP contribution in [0.25, 0.3) is 0 Å². The summed E-state index contributed by atoms with van der Waals surface area (Å²) in [6, 6.07) is 6.30. The van der Waals surface area contributed by atoms with E-state index in [9.17, 15) is 4.79 Å². The predicted molar refractivity (Wildman–Crippen MR) is 83.1 cm³/mol. The fourth-order valence-electron chi connectivity index (χ4n) is 2.40. The number of ether oxygens (including phenoxy) is 1. The van der Waals surface area contributed by atoms with Gasteiger partial charge in [-0.05, 0) is 50.0 Å². The molecule has 0 atom stereocenters. The molecule has 0 bridgehead atoms. The van der Waals surface area contributed by atoms with Crippen LogP contribution in [0, 0.1) is 0 Å². The van der Waals surface area contributed by atoms with Crippen LogP contribution in [0.15, 0.2) is 18.2 Å². The zero-order valence-electron chi connectivity index (χ0n) is 12.4. The Morgan fingerprint density at radius 2 is 2.19 bits per heavy atom. The minimum atomic E-state index is -0.701. The summed E-state index contributed by atoms with van der Waals surface area (Å²) >= 11 is 0. The van der Waals surface area contributed by atoms with Gasteiger partial charge in [-0.2, -0.15) is 0 Å². The molecule has 0 fully saturated rings. The lowest BCUT2D eigenvalue weighted by atomic mass is 10.1. The van der Waals surface area contributed by atoms with Gasteiger partial charge in [0.05, 0.1) is 5.69 Å². The quantitative estimate of drug-likeness (QED) is 0.609. The molecule has 1 aliphatic rings. The van der Waals surface area contributed by atoms with Gasteiger partial charge in [-0.25, -0.2) is 0 Å². The molecule has 0 saturated carbocycles. The normalized spacial score (nSPS) is 13.1. The Morgan fingerprint density at radius 3 is 3.05 bits per heavy atom. The molecule has 0 aromatic heterocycles. The van der Waals surface area contributed by atoms with Crippen molar-refractivity contribution in [2.75, 3.05) is 31.6 Å². The van der Waals surface area contributed by atoms with Gasteiger partial charge in [-0.15, -0.1) is 0 Å². The van der Waals surface area contributed by atoms with E-state index in [1.54, 1.807) is 0 Å². The first-order chi connectivity index (χ1) is 10.3. The highest BCUT2D eigenvalue weighted by Crippen LogP contribution is 2.27. The Labute approximate surface area is 125 Å². The van der Waals surface area contributed by atoms with Gasteiger partial charge in [0.25, 0.3) is 0 Å². The second kappa shape index (κ2) is 8.52. The van der Waals surface area contributed by atoms with Gasteiger partial charge < -0.3 is 20.5 Å². The Balaban J connectivity index is 1.57. The number of hydrogen-bond acceptors (Lipinski definition) is 4. The zero-order chi connectivity index (χ0) is 14.9. The van der Waals surface area contributed by atoms with Gasteiger partial charge in [0.15, 0.2) is 0 Å². The molecule has 0 amide bonds. The number of carbonyl (C=O) groups is 1. The van der Waals surface area contributed by atoms with E-state index in [0.29, 0.717) is 0 Å². The number of nitrogens with one attached hydrogen (secondary N) is 2. The average molecular weight is 292 g/mol. The van der Waals surface area contributed by atoms with Crippen LogP contribution in [0.4, 0.5) is 5.69 Å². The molecule has 0 unspecified atom stereocenters. The van der Waals surface area contributed by atoms with Crippen molar-refractivity contribution in [2.24, 2.45) is 0 Å². The maximum Gasteiger partial charge on any atom is 0.303 e. The number of fused-ring (bicyclic) bond motifs is 1. The Kier molecular flexibility index (Phi) is 6.34. The number of anilines is 1. The van der Waals surface area contributed by atoms with E-state index in [1.807, 2.05) is 6.07 Å². The summed E-state index contributed by atoms with van der Waals surface area (Å²) in [7, 11) is 0. The number of rotatable bonds is 9. The summed E-state index contributed by atoms with van der Waals surface area (Å²) in [5.74, 6) is 0.240. The topological polar surface area (TPSA) is 70.6 Å². The van der Waals surface area contributed by atoms with Crippen molar-refractivity contribution in [3.05, 3.63) is 23.8 Å². The van der Waals surface area contributed by atoms with Crippen LogP contribution in [0.1, 0.15) is 31.2 Å². The van der Waals surface area contributed by atoms with Crippen molar-refractivity contribution in [3.8, 4) is 5.75 Å². The SMILES string of the molecule is O=C(O)CCCCCNCCc1ccc2c(c1)NCCO2. The number of aliphatic carboxylic acids is 1. The molecule has 0 saturated heterocycles. The molecule has 5 heteroatoms. The lowest BCUT2D eigenvalue weighted by molar-refractivity contribution is -0.137. The van der Waals surface area contributed by atoms with E-state index < -0.39 is 5.97 Å². The standard InChI is InChI=1S/C16H24N2O3/c19-16(20)4-2-1-3-8-17-9-7-13-5-6-15-14(12-13)18-10-11-21-15/h5-6,12,17-18H,1-4,7-11H2,(H,19,20). The highest BCUT2D eigenvalue weighted by Gasteiger charge is 2.09. The van der Waals surface area contributed by atoms with Crippen LogP contribution in [0.2, 0.25) is 0 Å². The van der Waals surface area contributed by atoms with Crippen molar-refractivity contribution >= 4 is 11.7 Å². The molecule has 1 aliphatic heterocycles. The van der Waals surface area contributed by atoms with Crippen molar-refractivity contribution in [3.63, 3.8) is 0 Å². The average Bonchev–Trinajstić information content (AvgIpc) is 2.49. The Bertz CT molecular complexity index is 463. The molecule has 1 aromatic rings. The lowest BCUT2D eigenvalue weighted by Gasteiger charge is -2.19. The molecular formula is C16H24N2O3. The minimum Gasteiger partial charge on any atom is -0.490 e. The van der Waals surface area contributed by atoms with Crippen molar-refractivity contribution in [1.82, 2.24) is 5.32 Å². The van der Waals surface area contributed by atoms with Gasteiger partial charge in [0.1, 0.15) is 12.4 Å². The summed E-state index contributed by atoms with van der Waals surface area (Å²) in [5, 5.41) is 15.3. The van der Waals surface area contributed by atoms with E-state index in [0.717, 1.165) is 63.4 Å². The van der Waals surface area contributed by atoms with E-state index in [2.05, 4.69) is 22.8 Å². The molecule has 0 aliphatic carbocycles. The molecule has 2 rings (SSSR count). The molecule has 0 spiro atoms. The third-order valence-corrected chi connectivity index (χ3v) is 3.55. The maximum absolute atomic E-state index is 10.4. The number of carboxylic acid groups (broad SMARTS) is 1. The third kappa shape index (κ3) is 5.63. The largest absolute Gasteiger partial charge is 0.490 e. The molecule has 3 N–H and O–H groups in total. The molecule has 5 nitrogen and oxygen atoms in total. The van der Waals surface area contributed by atoms with Gasteiger partial charge in [0.2, 0.25) is 0 Å². The molecule has 0 radical (unpaired) electrons. The van der Waals surface area contributed by atoms with Crippen LogP contribution in [-0.4, -0.2) is 37.3 Å². The monoisotopic (exact) mass is 292 g/mol. The van der Waals surface area contributed by atoms with Crippen LogP contribution >= 0.6 is 0 Å². The zero-order valence-corrected chi connectivity index (χ0v) is 12.4. The molecule has 21 heavy (non-hydrogen) atoms. The highest BCUT2D eigenvalue weighted by atomic mass is 16.5. The fourth-order valence-corrected chi connectivity index (χ4v) is 2.40. The molecule has 116 valence electrons. The second-order valence-electron chi connectivity index (χ2n) is 5.31. The second-order valence-corrected chi connectivity index (χ2v) is 5.31. The van der Waals surface area contributed by atoms with E-state index in [4.69, 9.17) is 9.84 Å². The van der Waals surface area contributed by atoms with Crippen LogP contribution in [0.5, 0.6) is 5.75 Å². The maximum atomic E-state index is 10.4. The number of hydrogen-bond donors (Lipinski definition) is 3. The lowest BCUT2D eigenvalue weighted by Crippen LogP contribution is -2.20. The summed E-state index contributed by atoms with van der Waals surface area (Å²) in [5.41, 5.74) is 2.39. The first-order valence-corrected chi connectivity index (χ1v) is 7.68. The number of benzene rings is 1. The highest BCUT2D eigenvalue weighted by molar-refractivity contribution is 5.66. The summed E-state index contributed by atoms with van der Waals surface area (Å²) in [6.45, 7) is 3.49. The predicted octanol–water partition coefficient (Wildman–Crippen LogP) is 2.27. The van der Waals surface area contributed by atoms with Gasteiger partial charge in [0, 0.05) is 13.0 Å². The Hall–Kier alpha value is -1.75. The molecular weight excluding hydrogens is 268 g/mol. The fraction of sp³-hybridized carbons (Fsp3) is 0.562. The molecule has 1 heterocycles. The number of carboxylic acids is 1. The van der Waals surface area contributed by atoms with E-state index in [1.165, 1.54) is 5.56 Å². The van der Waals surface area contributed by atoms with Crippen molar-refractivity contribution < 1.29 is 14.6 Å². The van der Waals surface area contributed by atoms with Gasteiger partial charge >= 0.3 is 5.97 Å². The van der Waals surface area contributed by atoms with Gasteiger partial charge in [-0.3, -0.25) is 4.79 Å². The van der Waals surface area contributed by atoms with Crippen molar-refractivity contribution in [2.45, 2.75) is 32.1 Å².